The highest BCUT2D eigenvalue weighted by Crippen LogP contribution is 2.18. The van der Waals surface area contributed by atoms with Crippen LogP contribution in [0.15, 0.2) is 54.6 Å². The van der Waals surface area contributed by atoms with Crippen molar-refractivity contribution < 1.29 is 9.53 Å². The molecule has 0 aliphatic rings. The molecular weight excluding hydrogens is 376 g/mol. The molecule has 3 rings (SSSR count). The molecule has 144 valence electrons. The fourth-order valence-corrected chi connectivity index (χ4v) is 2.84. The Morgan fingerprint density at radius 3 is 2.61 bits per heavy atom. The first-order valence-corrected chi connectivity index (χ1v) is 9.21. The molecule has 0 saturated heterocycles. The number of ether oxygens (including phenoxy) is 1. The van der Waals surface area contributed by atoms with Gasteiger partial charge >= 0.3 is 0 Å². The average molecular weight is 397 g/mol. The first-order chi connectivity index (χ1) is 13.5. The number of carbonyl (C=O) groups is 1. The molecule has 0 saturated carbocycles. The van der Waals surface area contributed by atoms with Crippen molar-refractivity contribution in [2.24, 2.45) is 0 Å². The number of anilines is 2. The number of carbonyl (C=O) groups excluding carboxylic acids is 1. The van der Waals surface area contributed by atoms with E-state index < -0.39 is 0 Å². The van der Waals surface area contributed by atoms with Crippen molar-refractivity contribution in [1.82, 2.24) is 15.3 Å². The Hall–Kier alpha value is -3.12. The van der Waals surface area contributed by atoms with E-state index in [1.165, 1.54) is 0 Å². The molecule has 0 atom stereocenters. The number of aryl methyl sites for hydroxylation is 1. The monoisotopic (exact) mass is 396 g/mol. The van der Waals surface area contributed by atoms with Crippen LogP contribution in [0.25, 0.3) is 0 Å². The number of nitrogens with zero attached hydrogens (tertiary/aromatic N) is 2. The molecule has 3 aromatic rings. The van der Waals surface area contributed by atoms with Gasteiger partial charge < -0.3 is 15.4 Å². The van der Waals surface area contributed by atoms with E-state index in [1.807, 2.05) is 43.3 Å². The summed E-state index contributed by atoms with van der Waals surface area (Å²) in [5, 5.41) is 6.63. The SMILES string of the molecule is COc1ccccc1CCNC(=O)c1cc(C)nc(Nc2ccc(Cl)cc2)n1. The minimum atomic E-state index is -0.250. The second-order valence-corrected chi connectivity index (χ2v) is 6.60. The van der Waals surface area contributed by atoms with E-state index in [4.69, 9.17) is 16.3 Å². The lowest BCUT2D eigenvalue weighted by molar-refractivity contribution is 0.0949. The second-order valence-electron chi connectivity index (χ2n) is 6.17. The molecule has 7 heteroatoms. The van der Waals surface area contributed by atoms with Gasteiger partial charge in [-0.05, 0) is 55.3 Å². The molecule has 1 aromatic heterocycles. The molecule has 1 heterocycles. The molecular formula is C21H21ClN4O2. The third-order valence-electron chi connectivity index (χ3n) is 4.06. The van der Waals surface area contributed by atoms with E-state index in [1.54, 1.807) is 25.3 Å². The van der Waals surface area contributed by atoms with Gasteiger partial charge in [0.05, 0.1) is 7.11 Å². The molecule has 0 aliphatic carbocycles. The number of amides is 1. The third kappa shape index (κ3) is 5.20. The van der Waals surface area contributed by atoms with Crippen LogP contribution in [-0.2, 0) is 6.42 Å². The smallest absolute Gasteiger partial charge is 0.270 e. The van der Waals surface area contributed by atoms with Crippen LogP contribution >= 0.6 is 11.6 Å². The molecule has 0 aliphatic heterocycles. The molecule has 2 N–H and O–H groups in total. The van der Waals surface area contributed by atoms with Crippen molar-refractivity contribution in [1.29, 1.82) is 0 Å². The van der Waals surface area contributed by atoms with Crippen LogP contribution in [0, 0.1) is 6.92 Å². The van der Waals surface area contributed by atoms with Gasteiger partial charge in [-0.25, -0.2) is 9.97 Å². The standard InChI is InChI=1S/C21H21ClN4O2/c1-14-13-18(26-21(24-14)25-17-9-7-16(22)8-10-17)20(27)23-12-11-15-5-3-4-6-19(15)28-2/h3-10,13H,11-12H2,1-2H3,(H,23,27)(H,24,25,26). The molecule has 0 unspecified atom stereocenters. The van der Waals surface area contributed by atoms with Crippen LogP contribution in [0.4, 0.5) is 11.6 Å². The summed E-state index contributed by atoms with van der Waals surface area (Å²) in [6.45, 7) is 2.29. The van der Waals surface area contributed by atoms with E-state index in [-0.39, 0.29) is 5.91 Å². The van der Waals surface area contributed by atoms with E-state index in [0.717, 1.165) is 17.0 Å². The number of halogens is 1. The number of methoxy groups -OCH3 is 1. The topological polar surface area (TPSA) is 76.1 Å². The Morgan fingerprint density at radius 1 is 1.11 bits per heavy atom. The molecule has 2 aromatic carbocycles. The quantitative estimate of drug-likeness (QED) is 0.627. The van der Waals surface area contributed by atoms with Gasteiger partial charge in [-0.15, -0.1) is 0 Å². The first-order valence-electron chi connectivity index (χ1n) is 8.83. The minimum absolute atomic E-state index is 0.250. The Bertz CT molecular complexity index is 961. The zero-order chi connectivity index (χ0) is 19.9. The maximum absolute atomic E-state index is 12.5. The number of para-hydroxylation sites is 1. The van der Waals surface area contributed by atoms with Gasteiger partial charge in [0.2, 0.25) is 5.95 Å². The molecule has 0 bridgehead atoms. The summed E-state index contributed by atoms with van der Waals surface area (Å²) >= 11 is 5.90. The molecule has 6 nitrogen and oxygen atoms in total. The van der Waals surface area contributed by atoms with Gasteiger partial charge in [-0.3, -0.25) is 4.79 Å². The maximum atomic E-state index is 12.5. The summed E-state index contributed by atoms with van der Waals surface area (Å²) in [5.74, 6) is 0.917. The first kappa shape index (κ1) is 19.6. The molecule has 0 spiro atoms. The predicted octanol–water partition coefficient (Wildman–Crippen LogP) is 4.16. The Morgan fingerprint density at radius 2 is 1.86 bits per heavy atom. The number of rotatable bonds is 7. The summed E-state index contributed by atoms with van der Waals surface area (Å²) in [4.78, 5) is 21.2. The summed E-state index contributed by atoms with van der Waals surface area (Å²) in [6.07, 6.45) is 0.662. The van der Waals surface area contributed by atoms with Gasteiger partial charge in [-0.1, -0.05) is 29.8 Å². The third-order valence-corrected chi connectivity index (χ3v) is 4.31. The number of benzene rings is 2. The zero-order valence-electron chi connectivity index (χ0n) is 15.7. The minimum Gasteiger partial charge on any atom is -0.496 e. The van der Waals surface area contributed by atoms with Gasteiger partial charge in [0.25, 0.3) is 5.91 Å². The van der Waals surface area contributed by atoms with Gasteiger partial charge in [-0.2, -0.15) is 0 Å². The Labute approximate surface area is 168 Å². The van der Waals surface area contributed by atoms with Crippen LogP contribution in [0.1, 0.15) is 21.7 Å². The molecule has 28 heavy (non-hydrogen) atoms. The summed E-state index contributed by atoms with van der Waals surface area (Å²) in [5.41, 5.74) is 2.83. The second kappa shape index (κ2) is 9.19. The van der Waals surface area contributed by atoms with Crippen LogP contribution in [-0.4, -0.2) is 29.5 Å². The van der Waals surface area contributed by atoms with E-state index in [0.29, 0.717) is 35.3 Å². The average Bonchev–Trinajstić information content (AvgIpc) is 2.69. The van der Waals surface area contributed by atoms with Crippen molar-refractivity contribution >= 4 is 29.1 Å². The van der Waals surface area contributed by atoms with Gasteiger partial charge in [0.1, 0.15) is 11.4 Å². The molecule has 0 fully saturated rings. The largest absolute Gasteiger partial charge is 0.496 e. The highest BCUT2D eigenvalue weighted by Gasteiger charge is 2.11. The zero-order valence-corrected chi connectivity index (χ0v) is 16.5. The van der Waals surface area contributed by atoms with Gasteiger partial charge in [0.15, 0.2) is 0 Å². The summed E-state index contributed by atoms with van der Waals surface area (Å²) in [7, 11) is 1.64. The normalized spacial score (nSPS) is 10.4. The maximum Gasteiger partial charge on any atom is 0.270 e. The number of hydrogen-bond acceptors (Lipinski definition) is 5. The lowest BCUT2D eigenvalue weighted by atomic mass is 10.1. The lowest BCUT2D eigenvalue weighted by Gasteiger charge is -2.10. The van der Waals surface area contributed by atoms with Crippen molar-refractivity contribution in [2.75, 3.05) is 19.0 Å². The molecule has 1 amide bonds. The van der Waals surface area contributed by atoms with Crippen LogP contribution < -0.4 is 15.4 Å². The van der Waals surface area contributed by atoms with Crippen molar-refractivity contribution in [3.8, 4) is 5.75 Å². The van der Waals surface area contributed by atoms with Crippen LogP contribution in [0.5, 0.6) is 5.75 Å². The fraction of sp³-hybridized carbons (Fsp3) is 0.190. The number of hydrogen-bond donors (Lipinski definition) is 2. The number of aromatic nitrogens is 2. The highest BCUT2D eigenvalue weighted by atomic mass is 35.5. The van der Waals surface area contributed by atoms with Crippen molar-refractivity contribution in [3.05, 3.63) is 76.6 Å². The Balaban J connectivity index is 1.64. The summed E-state index contributed by atoms with van der Waals surface area (Å²) < 4.78 is 5.33. The van der Waals surface area contributed by atoms with E-state index in [9.17, 15) is 4.79 Å². The number of nitrogens with one attached hydrogen (secondary N) is 2. The van der Waals surface area contributed by atoms with Gasteiger partial charge in [0, 0.05) is 22.9 Å². The van der Waals surface area contributed by atoms with Crippen molar-refractivity contribution in [2.45, 2.75) is 13.3 Å². The predicted molar refractivity (Wildman–Crippen MR) is 111 cm³/mol. The van der Waals surface area contributed by atoms with Crippen LogP contribution in [0.2, 0.25) is 5.02 Å². The molecule has 0 radical (unpaired) electrons. The Kier molecular flexibility index (Phi) is 6.45. The van der Waals surface area contributed by atoms with E-state index in [2.05, 4.69) is 20.6 Å². The highest BCUT2D eigenvalue weighted by molar-refractivity contribution is 6.30. The van der Waals surface area contributed by atoms with Crippen molar-refractivity contribution in [3.63, 3.8) is 0 Å². The fourth-order valence-electron chi connectivity index (χ4n) is 2.71. The summed E-state index contributed by atoms with van der Waals surface area (Å²) in [6, 6.07) is 16.6. The lowest BCUT2D eigenvalue weighted by Crippen LogP contribution is -2.27. The van der Waals surface area contributed by atoms with E-state index >= 15 is 0 Å². The van der Waals surface area contributed by atoms with Crippen LogP contribution in [0.3, 0.4) is 0 Å².